The molecule has 100 valence electrons. The van der Waals surface area contributed by atoms with E-state index in [1.165, 1.54) is 11.8 Å². The van der Waals surface area contributed by atoms with Crippen LogP contribution in [0.3, 0.4) is 0 Å². The average molecular weight is 282 g/mol. The molecule has 0 saturated carbocycles. The van der Waals surface area contributed by atoms with Gasteiger partial charge in [-0.15, -0.1) is 11.8 Å². The highest BCUT2D eigenvalue weighted by Gasteiger charge is 2.03. The van der Waals surface area contributed by atoms with Crippen molar-refractivity contribution in [1.82, 2.24) is 0 Å². The quantitative estimate of drug-likeness (QED) is 0.854. The van der Waals surface area contributed by atoms with Gasteiger partial charge in [0, 0.05) is 10.6 Å². The van der Waals surface area contributed by atoms with Gasteiger partial charge in [-0.3, -0.25) is 4.79 Å². The van der Waals surface area contributed by atoms with Gasteiger partial charge in [-0.2, -0.15) is 5.26 Å². The molecule has 0 aliphatic carbocycles. The van der Waals surface area contributed by atoms with Crippen LogP contribution >= 0.6 is 11.8 Å². The summed E-state index contributed by atoms with van der Waals surface area (Å²) in [6, 6.07) is 19.2. The third-order valence-electron chi connectivity index (χ3n) is 2.63. The van der Waals surface area contributed by atoms with Crippen molar-refractivity contribution in [1.29, 1.82) is 5.26 Å². The second-order valence-corrected chi connectivity index (χ2v) is 5.23. The van der Waals surface area contributed by atoms with Crippen LogP contribution in [0, 0.1) is 11.3 Å². The van der Waals surface area contributed by atoms with E-state index in [4.69, 9.17) is 5.26 Å². The number of carbonyl (C=O) groups is 1. The summed E-state index contributed by atoms with van der Waals surface area (Å²) in [5, 5.41) is 11.4. The zero-order chi connectivity index (χ0) is 14.2. The molecule has 0 aromatic heterocycles. The van der Waals surface area contributed by atoms with E-state index in [1.54, 1.807) is 0 Å². The Morgan fingerprint density at radius 3 is 2.45 bits per heavy atom. The highest BCUT2D eigenvalue weighted by molar-refractivity contribution is 8.00. The lowest BCUT2D eigenvalue weighted by Crippen LogP contribution is -2.13. The summed E-state index contributed by atoms with van der Waals surface area (Å²) < 4.78 is 0. The van der Waals surface area contributed by atoms with Gasteiger partial charge >= 0.3 is 0 Å². The number of amides is 1. The number of hydrogen-bond donors (Lipinski definition) is 1. The molecule has 0 heterocycles. The summed E-state index contributed by atoms with van der Waals surface area (Å²) in [4.78, 5) is 12.9. The summed E-state index contributed by atoms with van der Waals surface area (Å²) in [7, 11) is 0. The van der Waals surface area contributed by atoms with E-state index >= 15 is 0 Å². The number of hydrogen-bond acceptors (Lipinski definition) is 3. The average Bonchev–Trinajstić information content (AvgIpc) is 2.49. The predicted molar refractivity (Wildman–Crippen MR) is 81.6 cm³/mol. The van der Waals surface area contributed by atoms with Crippen LogP contribution in [0.2, 0.25) is 0 Å². The Hall–Kier alpha value is -2.25. The van der Waals surface area contributed by atoms with Crippen LogP contribution < -0.4 is 5.32 Å². The maximum atomic E-state index is 11.8. The molecule has 0 spiro atoms. The molecule has 1 amide bonds. The molecular weight excluding hydrogens is 268 g/mol. The molecule has 0 saturated heterocycles. The van der Waals surface area contributed by atoms with Crippen LogP contribution in [0.25, 0.3) is 0 Å². The number of carbonyl (C=O) groups excluding carboxylic acids is 1. The number of benzene rings is 2. The van der Waals surface area contributed by atoms with Crippen molar-refractivity contribution in [3.63, 3.8) is 0 Å². The largest absolute Gasteiger partial charge is 0.325 e. The van der Waals surface area contributed by atoms with Gasteiger partial charge in [-0.05, 0) is 29.8 Å². The maximum Gasteiger partial charge on any atom is 0.234 e. The molecule has 0 radical (unpaired) electrons. The number of nitriles is 1. The number of nitrogens with one attached hydrogen (secondary N) is 1. The van der Waals surface area contributed by atoms with E-state index < -0.39 is 0 Å². The molecule has 0 fully saturated rings. The fraction of sp³-hybridized carbons (Fsp3) is 0.125. The van der Waals surface area contributed by atoms with Crippen molar-refractivity contribution >= 4 is 23.4 Å². The Bertz CT molecular complexity index is 603. The minimum absolute atomic E-state index is 0.0353. The van der Waals surface area contributed by atoms with Crippen LogP contribution in [0.5, 0.6) is 0 Å². The Balaban J connectivity index is 1.84. The Labute approximate surface area is 122 Å². The molecule has 3 nitrogen and oxygen atoms in total. The van der Waals surface area contributed by atoms with Gasteiger partial charge in [-0.25, -0.2) is 0 Å². The Morgan fingerprint density at radius 2 is 1.80 bits per heavy atom. The molecule has 0 atom stereocenters. The first kappa shape index (κ1) is 14.2. The van der Waals surface area contributed by atoms with Gasteiger partial charge < -0.3 is 5.32 Å². The molecule has 2 aromatic carbocycles. The minimum atomic E-state index is -0.0353. The summed E-state index contributed by atoms with van der Waals surface area (Å²) in [6.07, 6.45) is 0.387. The predicted octanol–water partition coefficient (Wildman–Crippen LogP) is 3.48. The number of rotatable bonds is 5. The second kappa shape index (κ2) is 7.37. The Morgan fingerprint density at radius 1 is 1.10 bits per heavy atom. The summed E-state index contributed by atoms with van der Waals surface area (Å²) in [6.45, 7) is 0. The standard InChI is InChI=1S/C16H14N2OS/c17-11-10-13-6-8-14(9-7-13)18-16(19)12-20-15-4-2-1-3-5-15/h1-9H,10,12H2,(H,18,19). The van der Waals surface area contributed by atoms with Crippen molar-refractivity contribution in [2.75, 3.05) is 11.1 Å². The summed E-state index contributed by atoms with van der Waals surface area (Å²) in [5.41, 5.74) is 1.70. The van der Waals surface area contributed by atoms with Gasteiger partial charge in [-0.1, -0.05) is 30.3 Å². The zero-order valence-corrected chi connectivity index (χ0v) is 11.7. The maximum absolute atomic E-state index is 11.8. The highest BCUT2D eigenvalue weighted by atomic mass is 32.2. The van der Waals surface area contributed by atoms with Crippen molar-refractivity contribution in [2.24, 2.45) is 0 Å². The normalized spacial score (nSPS) is 9.75. The molecule has 0 aliphatic rings. The first-order chi connectivity index (χ1) is 9.78. The van der Waals surface area contributed by atoms with Crippen molar-refractivity contribution in [3.05, 3.63) is 60.2 Å². The van der Waals surface area contributed by atoms with E-state index in [0.29, 0.717) is 12.2 Å². The topological polar surface area (TPSA) is 52.9 Å². The molecule has 0 aliphatic heterocycles. The van der Waals surface area contributed by atoms with Gasteiger partial charge in [0.2, 0.25) is 5.91 Å². The van der Waals surface area contributed by atoms with E-state index in [9.17, 15) is 4.79 Å². The number of thioether (sulfide) groups is 1. The molecule has 1 N–H and O–H groups in total. The molecule has 0 unspecified atom stereocenters. The van der Waals surface area contributed by atoms with Crippen LogP contribution in [0.1, 0.15) is 5.56 Å². The van der Waals surface area contributed by atoms with E-state index in [0.717, 1.165) is 16.1 Å². The van der Waals surface area contributed by atoms with Gasteiger partial charge in [0.05, 0.1) is 18.2 Å². The van der Waals surface area contributed by atoms with Crippen LogP contribution in [-0.4, -0.2) is 11.7 Å². The van der Waals surface area contributed by atoms with Crippen molar-refractivity contribution < 1.29 is 4.79 Å². The minimum Gasteiger partial charge on any atom is -0.325 e. The fourth-order valence-corrected chi connectivity index (χ4v) is 2.38. The number of anilines is 1. The molecule has 2 aromatic rings. The van der Waals surface area contributed by atoms with Crippen LogP contribution in [0.4, 0.5) is 5.69 Å². The van der Waals surface area contributed by atoms with Crippen LogP contribution in [0.15, 0.2) is 59.5 Å². The van der Waals surface area contributed by atoms with Crippen molar-refractivity contribution in [2.45, 2.75) is 11.3 Å². The van der Waals surface area contributed by atoms with E-state index in [-0.39, 0.29) is 5.91 Å². The molecule has 20 heavy (non-hydrogen) atoms. The lowest BCUT2D eigenvalue weighted by atomic mass is 10.1. The Kier molecular flexibility index (Phi) is 5.22. The van der Waals surface area contributed by atoms with Crippen molar-refractivity contribution in [3.8, 4) is 6.07 Å². The smallest absolute Gasteiger partial charge is 0.234 e. The van der Waals surface area contributed by atoms with Gasteiger partial charge in [0.1, 0.15) is 0 Å². The first-order valence-electron chi connectivity index (χ1n) is 6.21. The molecule has 2 rings (SSSR count). The third-order valence-corrected chi connectivity index (χ3v) is 3.65. The lowest BCUT2D eigenvalue weighted by Gasteiger charge is -2.05. The first-order valence-corrected chi connectivity index (χ1v) is 7.20. The molecular formula is C16H14N2OS. The van der Waals surface area contributed by atoms with Gasteiger partial charge in [0.25, 0.3) is 0 Å². The molecule has 0 bridgehead atoms. The fourth-order valence-electron chi connectivity index (χ4n) is 1.66. The monoisotopic (exact) mass is 282 g/mol. The zero-order valence-electron chi connectivity index (χ0n) is 10.9. The van der Waals surface area contributed by atoms with Gasteiger partial charge in [0.15, 0.2) is 0 Å². The SMILES string of the molecule is N#CCc1ccc(NC(=O)CSc2ccccc2)cc1. The van der Waals surface area contributed by atoms with E-state index in [1.807, 2.05) is 54.6 Å². The van der Waals surface area contributed by atoms with Crippen LogP contribution in [-0.2, 0) is 11.2 Å². The molecule has 4 heteroatoms. The third kappa shape index (κ3) is 4.45. The number of nitrogens with zero attached hydrogens (tertiary/aromatic N) is 1. The second-order valence-electron chi connectivity index (χ2n) is 4.18. The lowest BCUT2D eigenvalue weighted by molar-refractivity contribution is -0.113. The summed E-state index contributed by atoms with van der Waals surface area (Å²) in [5.74, 6) is 0.344. The van der Waals surface area contributed by atoms with E-state index in [2.05, 4.69) is 11.4 Å². The highest BCUT2D eigenvalue weighted by Crippen LogP contribution is 2.17. The summed E-state index contributed by atoms with van der Waals surface area (Å²) >= 11 is 1.50.